The molecule has 9 heteroatoms. The summed E-state index contributed by atoms with van der Waals surface area (Å²) in [5, 5.41) is -1.66. The van der Waals surface area contributed by atoms with E-state index in [-0.39, 0.29) is 25.9 Å². The first-order valence-corrected chi connectivity index (χ1v) is 7.10. The van der Waals surface area contributed by atoms with Gasteiger partial charge in [-0.15, -0.1) is 0 Å². The smallest absolute Gasteiger partial charge is 0.424 e. The van der Waals surface area contributed by atoms with Crippen LogP contribution in [-0.4, -0.2) is 32.0 Å². The molecule has 112 valence electrons. The molecule has 0 amide bonds. The van der Waals surface area contributed by atoms with Crippen molar-refractivity contribution in [2.24, 2.45) is 0 Å². The van der Waals surface area contributed by atoms with Gasteiger partial charge in [0, 0.05) is 6.08 Å². The molecule has 0 atom stereocenters. The van der Waals surface area contributed by atoms with Gasteiger partial charge in [0.25, 0.3) is 0 Å². The van der Waals surface area contributed by atoms with E-state index in [0.29, 0.717) is 0 Å². The lowest BCUT2D eigenvalue weighted by molar-refractivity contribution is -0.138. The molecule has 0 aliphatic rings. The van der Waals surface area contributed by atoms with Crippen LogP contribution >= 0.6 is 7.60 Å². The minimum absolute atomic E-state index is 0.103. The van der Waals surface area contributed by atoms with E-state index in [4.69, 9.17) is 0 Å². The van der Waals surface area contributed by atoms with Crippen LogP contribution in [0.2, 0.25) is 0 Å². The Balaban J connectivity index is 5.57. The number of ether oxygens (including phenoxy) is 1. The van der Waals surface area contributed by atoms with Crippen LogP contribution in [-0.2, 0) is 23.1 Å². The summed E-state index contributed by atoms with van der Waals surface area (Å²) in [7, 11) is -4.59. The zero-order valence-electron chi connectivity index (χ0n) is 10.8. The third-order valence-electron chi connectivity index (χ3n) is 1.72. The Bertz CT molecular complexity index is 368. The van der Waals surface area contributed by atoms with Crippen LogP contribution in [0.15, 0.2) is 11.4 Å². The average Bonchev–Trinajstić information content (AvgIpc) is 2.25. The molecule has 0 saturated carbocycles. The van der Waals surface area contributed by atoms with Crippen molar-refractivity contribution in [1.29, 1.82) is 0 Å². The topological polar surface area (TPSA) is 61.8 Å². The summed E-state index contributed by atoms with van der Waals surface area (Å²) in [6, 6.07) is 0. The van der Waals surface area contributed by atoms with Crippen LogP contribution in [0, 0.1) is 0 Å². The SMILES string of the molecule is CCOC(=O)/C=C(/C(F)(F)F)P(=O)(OCC)OCC. The first kappa shape index (κ1) is 18.1. The number of alkyl halides is 3. The van der Waals surface area contributed by atoms with E-state index in [1.807, 2.05) is 0 Å². The maximum atomic E-state index is 12.9. The van der Waals surface area contributed by atoms with Gasteiger partial charge in [0.2, 0.25) is 0 Å². The van der Waals surface area contributed by atoms with E-state index < -0.39 is 25.1 Å². The normalized spacial score (nSPS) is 13.5. The largest absolute Gasteiger partial charge is 0.463 e. The van der Waals surface area contributed by atoms with Crippen molar-refractivity contribution in [3.8, 4) is 0 Å². The van der Waals surface area contributed by atoms with Gasteiger partial charge in [-0.25, -0.2) is 4.79 Å². The molecule has 0 radical (unpaired) electrons. The molecule has 0 aromatic rings. The van der Waals surface area contributed by atoms with Crippen LogP contribution in [0.25, 0.3) is 0 Å². The molecule has 0 rings (SSSR count). The molecule has 0 bridgehead atoms. The predicted molar refractivity (Wildman–Crippen MR) is 61.6 cm³/mol. The Kier molecular flexibility index (Phi) is 7.33. The first-order chi connectivity index (χ1) is 8.71. The van der Waals surface area contributed by atoms with Crippen molar-refractivity contribution in [2.75, 3.05) is 19.8 Å². The highest BCUT2D eigenvalue weighted by atomic mass is 31.2. The number of rotatable bonds is 7. The quantitative estimate of drug-likeness (QED) is 0.410. The molecule has 0 heterocycles. The summed E-state index contributed by atoms with van der Waals surface area (Å²) < 4.78 is 64.1. The summed E-state index contributed by atoms with van der Waals surface area (Å²) in [4.78, 5) is 11.1. The van der Waals surface area contributed by atoms with Gasteiger partial charge in [-0.05, 0) is 20.8 Å². The lowest BCUT2D eigenvalue weighted by Crippen LogP contribution is -2.17. The van der Waals surface area contributed by atoms with E-state index in [0.717, 1.165) is 0 Å². The van der Waals surface area contributed by atoms with Gasteiger partial charge in [0.1, 0.15) is 0 Å². The number of carbonyl (C=O) groups excluding carboxylic acids is 1. The fraction of sp³-hybridized carbons (Fsp3) is 0.700. The highest BCUT2D eigenvalue weighted by Gasteiger charge is 2.48. The van der Waals surface area contributed by atoms with Crippen molar-refractivity contribution in [3.05, 3.63) is 11.4 Å². The number of allylic oxidation sites excluding steroid dienone is 1. The van der Waals surface area contributed by atoms with Crippen LogP contribution in [0.3, 0.4) is 0 Å². The van der Waals surface area contributed by atoms with Crippen LogP contribution in [0.1, 0.15) is 20.8 Å². The monoisotopic (exact) mass is 304 g/mol. The number of esters is 1. The third-order valence-corrected chi connectivity index (χ3v) is 3.89. The van der Waals surface area contributed by atoms with Crippen LogP contribution in [0.5, 0.6) is 0 Å². The van der Waals surface area contributed by atoms with Crippen molar-refractivity contribution < 1.29 is 36.3 Å². The molecular weight excluding hydrogens is 288 g/mol. The van der Waals surface area contributed by atoms with Crippen molar-refractivity contribution >= 4 is 13.6 Å². The molecule has 0 aromatic carbocycles. The molecule has 0 aliphatic heterocycles. The molecule has 0 N–H and O–H groups in total. The molecular formula is C10H16F3O5P. The maximum absolute atomic E-state index is 12.9. The van der Waals surface area contributed by atoms with Gasteiger partial charge in [-0.2, -0.15) is 13.2 Å². The zero-order chi connectivity index (χ0) is 15.1. The minimum Gasteiger partial charge on any atom is -0.463 e. The lowest BCUT2D eigenvalue weighted by atomic mass is 10.5. The molecule has 0 saturated heterocycles. The van der Waals surface area contributed by atoms with E-state index in [9.17, 15) is 22.5 Å². The predicted octanol–water partition coefficient (Wildman–Crippen LogP) is 3.26. The molecule has 0 aliphatic carbocycles. The minimum atomic E-state index is -5.02. The van der Waals surface area contributed by atoms with Crippen molar-refractivity contribution in [2.45, 2.75) is 26.9 Å². The number of hydrogen-bond donors (Lipinski definition) is 0. The van der Waals surface area contributed by atoms with Crippen molar-refractivity contribution in [1.82, 2.24) is 0 Å². The number of hydrogen-bond acceptors (Lipinski definition) is 5. The van der Waals surface area contributed by atoms with Gasteiger partial charge >= 0.3 is 19.7 Å². The van der Waals surface area contributed by atoms with E-state index >= 15 is 0 Å². The first-order valence-electron chi connectivity index (χ1n) is 5.56. The van der Waals surface area contributed by atoms with Crippen molar-refractivity contribution in [3.63, 3.8) is 0 Å². The number of carbonyl (C=O) groups is 1. The van der Waals surface area contributed by atoms with Crippen LogP contribution < -0.4 is 0 Å². The summed E-state index contributed by atoms with van der Waals surface area (Å²) in [5.41, 5.74) is 0. The second-order valence-corrected chi connectivity index (χ2v) is 5.11. The molecule has 0 spiro atoms. The van der Waals surface area contributed by atoms with E-state index in [2.05, 4.69) is 13.8 Å². The summed E-state index contributed by atoms with van der Waals surface area (Å²) in [6.45, 7) is 3.55. The highest BCUT2D eigenvalue weighted by molar-refractivity contribution is 7.58. The summed E-state index contributed by atoms with van der Waals surface area (Å²) >= 11 is 0. The second-order valence-electron chi connectivity index (χ2n) is 3.11. The van der Waals surface area contributed by atoms with Gasteiger partial charge in [-0.3, -0.25) is 4.57 Å². The molecule has 5 nitrogen and oxygen atoms in total. The standard InChI is InChI=1S/C10H16F3O5P/c1-4-16-9(14)7-8(10(11,12)13)19(15,17-5-2)18-6-3/h7H,4-6H2,1-3H3/b8-7-. The number of halogens is 3. The Labute approximate surface area is 109 Å². The molecule has 0 unspecified atom stereocenters. The average molecular weight is 304 g/mol. The molecule has 19 heavy (non-hydrogen) atoms. The third kappa shape index (κ3) is 5.76. The van der Waals surface area contributed by atoms with Crippen LogP contribution in [0.4, 0.5) is 13.2 Å². The Morgan fingerprint density at radius 1 is 1.11 bits per heavy atom. The fourth-order valence-corrected chi connectivity index (χ4v) is 2.73. The van der Waals surface area contributed by atoms with Gasteiger partial charge in [-0.1, -0.05) is 0 Å². The van der Waals surface area contributed by atoms with Gasteiger partial charge in [0.15, 0.2) is 5.31 Å². The Hall–Kier alpha value is -0.850. The molecule has 0 aromatic heterocycles. The van der Waals surface area contributed by atoms with E-state index in [1.165, 1.54) is 20.8 Å². The van der Waals surface area contributed by atoms with E-state index in [1.54, 1.807) is 0 Å². The second kappa shape index (κ2) is 7.67. The summed E-state index contributed by atoms with van der Waals surface area (Å²) in [6.07, 6.45) is -4.91. The van der Waals surface area contributed by atoms with Gasteiger partial charge < -0.3 is 13.8 Å². The maximum Gasteiger partial charge on any atom is 0.424 e. The molecule has 0 fully saturated rings. The zero-order valence-corrected chi connectivity index (χ0v) is 11.7. The summed E-state index contributed by atoms with van der Waals surface area (Å²) in [5.74, 6) is -1.26. The Morgan fingerprint density at radius 2 is 1.58 bits per heavy atom. The Morgan fingerprint density at radius 3 is 1.89 bits per heavy atom. The van der Waals surface area contributed by atoms with Gasteiger partial charge in [0.05, 0.1) is 19.8 Å². The lowest BCUT2D eigenvalue weighted by Gasteiger charge is -2.21. The fourth-order valence-electron chi connectivity index (χ4n) is 1.13. The highest BCUT2D eigenvalue weighted by Crippen LogP contribution is 2.61.